The molecule has 0 saturated heterocycles. The van der Waals surface area contributed by atoms with Crippen LogP contribution < -0.4 is 4.90 Å². The predicted octanol–water partition coefficient (Wildman–Crippen LogP) is 2.41. The number of hydrogen-bond donors (Lipinski definition) is 1. The Balaban J connectivity index is 3.29. The van der Waals surface area contributed by atoms with Crippen LogP contribution in [0.15, 0.2) is 18.2 Å². The van der Waals surface area contributed by atoms with Crippen molar-refractivity contribution in [2.24, 2.45) is 0 Å². The fourth-order valence-corrected chi connectivity index (χ4v) is 1.84. The van der Waals surface area contributed by atoms with Gasteiger partial charge in [0.05, 0.1) is 0 Å². The van der Waals surface area contributed by atoms with Crippen LogP contribution >= 0.6 is 0 Å². The van der Waals surface area contributed by atoms with Crippen molar-refractivity contribution in [2.75, 3.05) is 18.5 Å². The molecule has 0 unspecified atom stereocenters. The number of aromatic nitrogens is 1. The molecular weight excluding hydrogens is 216 g/mol. The molecule has 0 atom stereocenters. The summed E-state index contributed by atoms with van der Waals surface area (Å²) < 4.78 is 0. The van der Waals surface area contributed by atoms with Gasteiger partial charge in [-0.25, -0.2) is 9.78 Å². The first-order chi connectivity index (χ1) is 7.82. The van der Waals surface area contributed by atoms with Crippen molar-refractivity contribution in [1.29, 1.82) is 0 Å². The van der Waals surface area contributed by atoms with Gasteiger partial charge < -0.3 is 10.0 Å². The Hall–Kier alpha value is -1.84. The third-order valence-corrected chi connectivity index (χ3v) is 2.41. The van der Waals surface area contributed by atoms with Crippen molar-refractivity contribution in [3.05, 3.63) is 35.0 Å². The molecule has 0 bridgehead atoms. The zero-order valence-electron chi connectivity index (χ0n) is 10.7. The molecule has 0 aliphatic carbocycles. The van der Waals surface area contributed by atoms with E-state index in [1.165, 1.54) is 0 Å². The van der Waals surface area contributed by atoms with E-state index in [1.54, 1.807) is 13.0 Å². The van der Waals surface area contributed by atoms with Gasteiger partial charge in [0.15, 0.2) is 0 Å². The van der Waals surface area contributed by atoms with E-state index in [4.69, 9.17) is 0 Å². The van der Waals surface area contributed by atoms with Crippen LogP contribution in [0.5, 0.6) is 0 Å². The average Bonchev–Trinajstić information content (AvgIpc) is 2.14. The maximum Gasteiger partial charge on any atom is 0.339 e. The third-order valence-electron chi connectivity index (χ3n) is 2.41. The van der Waals surface area contributed by atoms with Crippen LogP contribution in [-0.2, 0) is 0 Å². The van der Waals surface area contributed by atoms with Gasteiger partial charge in [-0.15, -0.1) is 0 Å². The number of carboxylic acid groups (broad SMARTS) is 1. The number of hydrogen-bond acceptors (Lipinski definition) is 3. The highest BCUT2D eigenvalue weighted by molar-refractivity contribution is 5.95. The standard InChI is InChI=1S/C13H18N2O2/c1-8(2)7-15(5)12-11(13(16)17)9(3)6-10(4)14-12/h6H,1,7H2,2-5H3,(H,16,17). The number of carboxylic acids is 1. The molecule has 4 heteroatoms. The van der Waals surface area contributed by atoms with Crippen LogP contribution in [0.1, 0.15) is 28.5 Å². The van der Waals surface area contributed by atoms with Crippen LogP contribution in [0.4, 0.5) is 5.82 Å². The lowest BCUT2D eigenvalue weighted by Gasteiger charge is -2.21. The van der Waals surface area contributed by atoms with E-state index in [0.717, 1.165) is 16.8 Å². The first-order valence-corrected chi connectivity index (χ1v) is 5.40. The fourth-order valence-electron chi connectivity index (χ4n) is 1.84. The van der Waals surface area contributed by atoms with Crippen molar-refractivity contribution in [1.82, 2.24) is 4.98 Å². The number of aryl methyl sites for hydroxylation is 2. The molecule has 4 nitrogen and oxygen atoms in total. The van der Waals surface area contributed by atoms with Crippen LogP contribution in [-0.4, -0.2) is 29.7 Å². The molecule has 1 aromatic heterocycles. The number of likely N-dealkylation sites (N-methyl/N-ethyl adjacent to an activating group) is 1. The Bertz CT molecular complexity index is 467. The first kappa shape index (κ1) is 13.2. The van der Waals surface area contributed by atoms with Crippen LogP contribution in [0.25, 0.3) is 0 Å². The lowest BCUT2D eigenvalue weighted by Crippen LogP contribution is -2.24. The summed E-state index contributed by atoms with van der Waals surface area (Å²) in [6.07, 6.45) is 0. The fraction of sp³-hybridized carbons (Fsp3) is 0.385. The van der Waals surface area contributed by atoms with Gasteiger partial charge in [0.25, 0.3) is 0 Å². The maximum atomic E-state index is 11.3. The Morgan fingerprint density at radius 2 is 2.12 bits per heavy atom. The summed E-state index contributed by atoms with van der Waals surface area (Å²) in [5.41, 5.74) is 2.77. The zero-order chi connectivity index (χ0) is 13.2. The summed E-state index contributed by atoms with van der Waals surface area (Å²) in [4.78, 5) is 17.4. The topological polar surface area (TPSA) is 53.4 Å². The average molecular weight is 234 g/mol. The van der Waals surface area contributed by atoms with E-state index in [0.29, 0.717) is 12.4 Å². The summed E-state index contributed by atoms with van der Waals surface area (Å²) in [6, 6.07) is 1.78. The van der Waals surface area contributed by atoms with Gasteiger partial charge in [-0.1, -0.05) is 12.2 Å². The summed E-state index contributed by atoms with van der Waals surface area (Å²) in [6.45, 7) is 9.96. The van der Waals surface area contributed by atoms with Crippen molar-refractivity contribution in [3.8, 4) is 0 Å². The molecule has 92 valence electrons. The van der Waals surface area contributed by atoms with Gasteiger partial charge in [-0.2, -0.15) is 0 Å². The number of anilines is 1. The molecule has 0 amide bonds. The SMILES string of the molecule is C=C(C)CN(C)c1nc(C)cc(C)c1C(=O)O. The molecule has 0 fully saturated rings. The monoisotopic (exact) mass is 234 g/mol. The highest BCUT2D eigenvalue weighted by Crippen LogP contribution is 2.22. The van der Waals surface area contributed by atoms with Crippen molar-refractivity contribution in [3.63, 3.8) is 0 Å². The molecule has 1 N–H and O–H groups in total. The second kappa shape index (κ2) is 4.99. The molecular formula is C13H18N2O2. The first-order valence-electron chi connectivity index (χ1n) is 5.40. The molecule has 1 aromatic rings. The molecule has 0 aliphatic rings. The van der Waals surface area contributed by atoms with E-state index >= 15 is 0 Å². The Kier molecular flexibility index (Phi) is 3.89. The molecule has 0 radical (unpaired) electrons. The quantitative estimate of drug-likeness (QED) is 0.813. The number of carbonyl (C=O) groups is 1. The normalized spacial score (nSPS) is 10.1. The zero-order valence-corrected chi connectivity index (χ0v) is 10.7. The summed E-state index contributed by atoms with van der Waals surface area (Å²) in [5.74, 6) is -0.448. The Labute approximate surface area is 102 Å². The largest absolute Gasteiger partial charge is 0.478 e. The minimum absolute atomic E-state index is 0.263. The van der Waals surface area contributed by atoms with Crippen LogP contribution in [0.2, 0.25) is 0 Å². The molecule has 1 heterocycles. The van der Waals surface area contributed by atoms with Gasteiger partial charge in [0.2, 0.25) is 0 Å². The minimum atomic E-state index is -0.946. The molecule has 1 rings (SSSR count). The number of aromatic carboxylic acids is 1. The number of pyridine rings is 1. The lowest BCUT2D eigenvalue weighted by molar-refractivity contribution is 0.0696. The van der Waals surface area contributed by atoms with Crippen molar-refractivity contribution >= 4 is 11.8 Å². The van der Waals surface area contributed by atoms with E-state index < -0.39 is 5.97 Å². The second-order valence-electron chi connectivity index (χ2n) is 4.40. The molecule has 17 heavy (non-hydrogen) atoms. The van der Waals surface area contributed by atoms with Gasteiger partial charge in [-0.3, -0.25) is 0 Å². The highest BCUT2D eigenvalue weighted by Gasteiger charge is 2.18. The van der Waals surface area contributed by atoms with E-state index in [2.05, 4.69) is 11.6 Å². The van der Waals surface area contributed by atoms with Crippen LogP contribution in [0, 0.1) is 13.8 Å². The van der Waals surface area contributed by atoms with Gasteiger partial charge in [0.1, 0.15) is 11.4 Å². The number of nitrogens with zero attached hydrogens (tertiary/aromatic N) is 2. The summed E-state index contributed by atoms with van der Waals surface area (Å²) >= 11 is 0. The molecule has 0 aromatic carbocycles. The molecule has 0 saturated carbocycles. The maximum absolute atomic E-state index is 11.3. The smallest absolute Gasteiger partial charge is 0.339 e. The minimum Gasteiger partial charge on any atom is -0.478 e. The van der Waals surface area contributed by atoms with E-state index in [9.17, 15) is 9.90 Å². The van der Waals surface area contributed by atoms with E-state index in [1.807, 2.05) is 25.8 Å². The van der Waals surface area contributed by atoms with Gasteiger partial charge in [0, 0.05) is 19.3 Å². The molecule has 0 aliphatic heterocycles. The van der Waals surface area contributed by atoms with Gasteiger partial charge in [-0.05, 0) is 32.4 Å². The summed E-state index contributed by atoms with van der Waals surface area (Å²) in [7, 11) is 1.82. The molecule has 0 spiro atoms. The van der Waals surface area contributed by atoms with Gasteiger partial charge >= 0.3 is 5.97 Å². The third kappa shape index (κ3) is 3.06. The predicted molar refractivity (Wildman–Crippen MR) is 68.8 cm³/mol. The second-order valence-corrected chi connectivity index (χ2v) is 4.40. The van der Waals surface area contributed by atoms with Crippen molar-refractivity contribution in [2.45, 2.75) is 20.8 Å². The number of rotatable bonds is 4. The summed E-state index contributed by atoms with van der Waals surface area (Å²) in [5, 5.41) is 9.23. The van der Waals surface area contributed by atoms with Crippen molar-refractivity contribution < 1.29 is 9.90 Å². The lowest BCUT2D eigenvalue weighted by atomic mass is 10.1. The van der Waals surface area contributed by atoms with E-state index in [-0.39, 0.29) is 5.56 Å². The highest BCUT2D eigenvalue weighted by atomic mass is 16.4. The van der Waals surface area contributed by atoms with Crippen LogP contribution in [0.3, 0.4) is 0 Å². The Morgan fingerprint density at radius 3 is 2.59 bits per heavy atom. The Morgan fingerprint density at radius 1 is 1.53 bits per heavy atom.